The summed E-state index contributed by atoms with van der Waals surface area (Å²) in [5.74, 6) is -0.0711. The number of amides is 1. The van der Waals surface area contributed by atoms with Crippen LogP contribution in [0, 0.1) is 0 Å². The summed E-state index contributed by atoms with van der Waals surface area (Å²) in [4.78, 5) is 15.5. The van der Waals surface area contributed by atoms with Crippen molar-refractivity contribution in [3.05, 3.63) is 42.6 Å². The van der Waals surface area contributed by atoms with E-state index in [2.05, 4.69) is 10.3 Å². The summed E-state index contributed by atoms with van der Waals surface area (Å²) >= 11 is 0. The number of aromatic nitrogens is 2. The Morgan fingerprint density at radius 3 is 3.00 bits per heavy atom. The first-order valence-electron chi connectivity index (χ1n) is 5.38. The maximum Gasteiger partial charge on any atom is 0.221 e. The molecule has 2 heterocycles. The Kier molecular flexibility index (Phi) is 2.08. The van der Waals surface area contributed by atoms with Crippen LogP contribution < -0.4 is 5.32 Å². The fourth-order valence-corrected chi connectivity index (χ4v) is 1.94. The van der Waals surface area contributed by atoms with E-state index in [0.29, 0.717) is 0 Å². The number of pyridine rings is 1. The number of nitrogens with zero attached hydrogens (tertiary/aromatic N) is 2. The molecule has 4 heteroatoms. The SMILES string of the molecule is CC(=O)Nc1ccc2nc3ccccn3c2c1. The largest absolute Gasteiger partial charge is 0.326 e. The molecule has 0 aliphatic carbocycles. The second-order valence-electron chi connectivity index (χ2n) is 3.93. The number of hydrogen-bond donors (Lipinski definition) is 1. The highest BCUT2D eigenvalue weighted by atomic mass is 16.1. The van der Waals surface area contributed by atoms with Crippen LogP contribution >= 0.6 is 0 Å². The van der Waals surface area contributed by atoms with Crippen molar-refractivity contribution < 1.29 is 4.79 Å². The first-order valence-corrected chi connectivity index (χ1v) is 5.38. The number of imidazole rings is 1. The summed E-state index contributed by atoms with van der Waals surface area (Å²) < 4.78 is 2.00. The molecule has 0 atom stereocenters. The van der Waals surface area contributed by atoms with Gasteiger partial charge in [0, 0.05) is 18.8 Å². The summed E-state index contributed by atoms with van der Waals surface area (Å²) in [5.41, 5.74) is 3.61. The lowest BCUT2D eigenvalue weighted by molar-refractivity contribution is -0.114. The van der Waals surface area contributed by atoms with Crippen molar-refractivity contribution in [3.8, 4) is 0 Å². The molecule has 84 valence electrons. The summed E-state index contributed by atoms with van der Waals surface area (Å²) in [6, 6.07) is 11.6. The number of rotatable bonds is 1. The Balaban J connectivity index is 2.26. The minimum absolute atomic E-state index is 0.0711. The first kappa shape index (κ1) is 9.84. The van der Waals surface area contributed by atoms with Gasteiger partial charge in [-0.25, -0.2) is 4.98 Å². The van der Waals surface area contributed by atoms with E-state index in [9.17, 15) is 4.79 Å². The van der Waals surface area contributed by atoms with Crippen LogP contribution in [-0.2, 0) is 4.79 Å². The standard InChI is InChI=1S/C13H11N3O/c1-9(17)14-10-5-6-11-12(8-10)16-7-3-2-4-13(16)15-11/h2-8H,1H3,(H,14,17). The molecule has 0 bridgehead atoms. The van der Waals surface area contributed by atoms with Crippen molar-refractivity contribution in [2.24, 2.45) is 0 Å². The molecule has 0 aliphatic rings. The van der Waals surface area contributed by atoms with Crippen molar-refractivity contribution >= 4 is 28.3 Å². The third-order valence-electron chi connectivity index (χ3n) is 2.63. The summed E-state index contributed by atoms with van der Waals surface area (Å²) in [5, 5.41) is 2.77. The molecular weight excluding hydrogens is 214 g/mol. The van der Waals surface area contributed by atoms with Crippen molar-refractivity contribution in [2.75, 3.05) is 5.32 Å². The highest BCUT2D eigenvalue weighted by Crippen LogP contribution is 2.20. The van der Waals surface area contributed by atoms with Gasteiger partial charge in [-0.1, -0.05) is 6.07 Å². The minimum Gasteiger partial charge on any atom is -0.326 e. The Labute approximate surface area is 97.9 Å². The molecule has 0 aliphatic heterocycles. The van der Waals surface area contributed by atoms with Crippen LogP contribution in [0.15, 0.2) is 42.6 Å². The van der Waals surface area contributed by atoms with Crippen molar-refractivity contribution in [1.82, 2.24) is 9.38 Å². The quantitative estimate of drug-likeness (QED) is 0.691. The Bertz CT molecular complexity index is 715. The van der Waals surface area contributed by atoms with E-state index in [1.807, 2.05) is 47.0 Å². The van der Waals surface area contributed by atoms with E-state index >= 15 is 0 Å². The molecule has 0 spiro atoms. The molecule has 0 saturated carbocycles. The van der Waals surface area contributed by atoms with E-state index in [0.717, 1.165) is 22.4 Å². The smallest absolute Gasteiger partial charge is 0.221 e. The molecule has 1 aromatic carbocycles. The summed E-state index contributed by atoms with van der Waals surface area (Å²) in [6.07, 6.45) is 1.96. The fourth-order valence-electron chi connectivity index (χ4n) is 1.94. The molecule has 0 radical (unpaired) electrons. The third-order valence-corrected chi connectivity index (χ3v) is 2.63. The van der Waals surface area contributed by atoms with Crippen LogP contribution in [0.4, 0.5) is 5.69 Å². The molecule has 0 unspecified atom stereocenters. The lowest BCUT2D eigenvalue weighted by Crippen LogP contribution is -2.05. The fraction of sp³-hybridized carbons (Fsp3) is 0.0769. The van der Waals surface area contributed by atoms with Gasteiger partial charge in [-0.2, -0.15) is 0 Å². The van der Waals surface area contributed by atoms with Gasteiger partial charge in [-0.05, 0) is 30.3 Å². The van der Waals surface area contributed by atoms with Crippen LogP contribution in [0.25, 0.3) is 16.7 Å². The number of nitrogens with one attached hydrogen (secondary N) is 1. The predicted octanol–water partition coefficient (Wildman–Crippen LogP) is 2.45. The minimum atomic E-state index is -0.0711. The number of carbonyl (C=O) groups is 1. The lowest BCUT2D eigenvalue weighted by atomic mass is 10.2. The van der Waals surface area contributed by atoms with Gasteiger partial charge in [0.05, 0.1) is 11.0 Å². The number of hydrogen-bond acceptors (Lipinski definition) is 2. The molecule has 1 amide bonds. The van der Waals surface area contributed by atoms with Gasteiger partial charge < -0.3 is 5.32 Å². The predicted molar refractivity (Wildman–Crippen MR) is 67.0 cm³/mol. The Hall–Kier alpha value is -2.36. The molecule has 2 aromatic heterocycles. The van der Waals surface area contributed by atoms with E-state index in [1.54, 1.807) is 0 Å². The van der Waals surface area contributed by atoms with Crippen molar-refractivity contribution in [1.29, 1.82) is 0 Å². The van der Waals surface area contributed by atoms with Crippen LogP contribution in [0.2, 0.25) is 0 Å². The number of fused-ring (bicyclic) bond motifs is 3. The lowest BCUT2D eigenvalue weighted by Gasteiger charge is -2.01. The van der Waals surface area contributed by atoms with Gasteiger partial charge in [0.1, 0.15) is 5.65 Å². The maximum absolute atomic E-state index is 11.0. The third kappa shape index (κ3) is 1.63. The second-order valence-corrected chi connectivity index (χ2v) is 3.93. The Morgan fingerprint density at radius 1 is 1.29 bits per heavy atom. The molecule has 0 saturated heterocycles. The van der Waals surface area contributed by atoms with Crippen LogP contribution in [0.1, 0.15) is 6.92 Å². The number of benzene rings is 1. The number of anilines is 1. The van der Waals surface area contributed by atoms with Gasteiger partial charge >= 0.3 is 0 Å². The summed E-state index contributed by atoms with van der Waals surface area (Å²) in [6.45, 7) is 1.50. The zero-order chi connectivity index (χ0) is 11.8. The van der Waals surface area contributed by atoms with Crippen LogP contribution in [-0.4, -0.2) is 15.3 Å². The zero-order valence-corrected chi connectivity index (χ0v) is 9.34. The molecule has 1 N–H and O–H groups in total. The van der Waals surface area contributed by atoms with Crippen molar-refractivity contribution in [3.63, 3.8) is 0 Å². The number of carbonyl (C=O) groups excluding carboxylic acids is 1. The van der Waals surface area contributed by atoms with Crippen molar-refractivity contribution in [2.45, 2.75) is 6.92 Å². The first-order chi connectivity index (χ1) is 8.24. The summed E-state index contributed by atoms with van der Waals surface area (Å²) in [7, 11) is 0. The average Bonchev–Trinajstić information content (AvgIpc) is 2.66. The van der Waals surface area contributed by atoms with Gasteiger partial charge in [-0.3, -0.25) is 9.20 Å². The van der Waals surface area contributed by atoms with Gasteiger partial charge in [0.25, 0.3) is 0 Å². The van der Waals surface area contributed by atoms with Gasteiger partial charge in [0.15, 0.2) is 0 Å². The van der Waals surface area contributed by atoms with E-state index in [1.165, 1.54) is 6.92 Å². The van der Waals surface area contributed by atoms with E-state index in [-0.39, 0.29) is 5.91 Å². The molecular formula is C13H11N3O. The van der Waals surface area contributed by atoms with Gasteiger partial charge in [0.2, 0.25) is 5.91 Å². The molecule has 4 nitrogen and oxygen atoms in total. The normalized spacial score (nSPS) is 10.9. The average molecular weight is 225 g/mol. The Morgan fingerprint density at radius 2 is 2.18 bits per heavy atom. The highest BCUT2D eigenvalue weighted by molar-refractivity contribution is 5.92. The highest BCUT2D eigenvalue weighted by Gasteiger charge is 2.04. The molecule has 3 aromatic rings. The molecule has 3 rings (SSSR count). The van der Waals surface area contributed by atoms with E-state index < -0.39 is 0 Å². The monoisotopic (exact) mass is 225 g/mol. The topological polar surface area (TPSA) is 46.4 Å². The van der Waals surface area contributed by atoms with E-state index in [4.69, 9.17) is 0 Å². The molecule has 0 fully saturated rings. The maximum atomic E-state index is 11.0. The van der Waals surface area contributed by atoms with Gasteiger partial charge in [-0.15, -0.1) is 0 Å². The second kappa shape index (κ2) is 3.59. The van der Waals surface area contributed by atoms with Crippen LogP contribution in [0.3, 0.4) is 0 Å². The molecule has 17 heavy (non-hydrogen) atoms. The van der Waals surface area contributed by atoms with Crippen LogP contribution in [0.5, 0.6) is 0 Å². The zero-order valence-electron chi connectivity index (χ0n) is 9.34.